The van der Waals surface area contributed by atoms with Crippen LogP contribution in [0.2, 0.25) is 0 Å². The maximum absolute atomic E-state index is 11.6. The first-order valence-electron chi connectivity index (χ1n) is 9.68. The average Bonchev–Trinajstić information content (AvgIpc) is 3.25. The van der Waals surface area contributed by atoms with Gasteiger partial charge < -0.3 is 10.6 Å². The normalized spacial score (nSPS) is 23.5. The molecular formula is C21H24N4O. The van der Waals surface area contributed by atoms with E-state index in [-0.39, 0.29) is 11.8 Å². The average molecular weight is 348 g/mol. The first-order valence-corrected chi connectivity index (χ1v) is 9.68. The molecule has 1 fully saturated rings. The van der Waals surface area contributed by atoms with Crippen LogP contribution in [0.25, 0.3) is 11.3 Å². The highest BCUT2D eigenvalue weighted by Gasteiger charge is 2.30. The molecule has 5 rings (SSSR count). The minimum atomic E-state index is -0.195. The molecule has 2 unspecified atom stereocenters. The second kappa shape index (κ2) is 5.79. The zero-order chi connectivity index (χ0) is 17.8. The predicted molar refractivity (Wildman–Crippen MR) is 101 cm³/mol. The van der Waals surface area contributed by atoms with Crippen molar-refractivity contribution in [2.45, 2.75) is 51.5 Å². The molecule has 0 saturated carbocycles. The lowest BCUT2D eigenvalue weighted by Crippen LogP contribution is -2.46. The molecule has 2 aromatic rings. The largest absolute Gasteiger partial charge is 0.369 e. The molecule has 1 aromatic heterocycles. The lowest BCUT2D eigenvalue weighted by atomic mass is 10.0. The van der Waals surface area contributed by atoms with Gasteiger partial charge in [0.25, 0.3) is 0 Å². The van der Waals surface area contributed by atoms with Crippen LogP contribution < -0.4 is 10.6 Å². The molecule has 26 heavy (non-hydrogen) atoms. The van der Waals surface area contributed by atoms with E-state index in [0.717, 1.165) is 55.9 Å². The zero-order valence-corrected chi connectivity index (χ0v) is 15.2. The number of benzene rings is 1. The van der Waals surface area contributed by atoms with Gasteiger partial charge in [0.05, 0.1) is 5.69 Å². The fourth-order valence-corrected chi connectivity index (χ4v) is 4.57. The smallest absolute Gasteiger partial charge is 0.226 e. The Labute approximate surface area is 153 Å². The van der Waals surface area contributed by atoms with Crippen LogP contribution in [0, 0.1) is 5.92 Å². The van der Waals surface area contributed by atoms with Crippen LogP contribution in [0.1, 0.15) is 42.1 Å². The molecular weight excluding hydrogens is 324 g/mol. The molecule has 1 aromatic carbocycles. The van der Waals surface area contributed by atoms with E-state index in [9.17, 15) is 4.79 Å². The Balaban J connectivity index is 1.57. The second-order valence-electron chi connectivity index (χ2n) is 7.97. The molecule has 1 saturated heterocycles. The van der Waals surface area contributed by atoms with Gasteiger partial charge >= 0.3 is 0 Å². The third-order valence-corrected chi connectivity index (χ3v) is 6.31. The SMILES string of the molecule is CC1CCN1c1nc2c(c(-c3ccc4c(c3)CC(C(N)=O)C4)n1)CCC2. The van der Waals surface area contributed by atoms with E-state index in [1.54, 1.807) is 0 Å². The Morgan fingerprint density at radius 3 is 2.77 bits per heavy atom. The van der Waals surface area contributed by atoms with Crippen LogP contribution in [0.5, 0.6) is 0 Å². The van der Waals surface area contributed by atoms with Crippen LogP contribution >= 0.6 is 0 Å². The Morgan fingerprint density at radius 2 is 2.04 bits per heavy atom. The number of primary amides is 1. The second-order valence-corrected chi connectivity index (χ2v) is 7.97. The van der Waals surface area contributed by atoms with Crippen molar-refractivity contribution < 1.29 is 4.79 Å². The Morgan fingerprint density at radius 1 is 1.19 bits per heavy atom. The molecule has 5 nitrogen and oxygen atoms in total. The van der Waals surface area contributed by atoms with Gasteiger partial charge in [0.1, 0.15) is 0 Å². The number of aryl methyl sites for hydroxylation is 1. The van der Waals surface area contributed by atoms with Crippen molar-refractivity contribution in [1.29, 1.82) is 0 Å². The van der Waals surface area contributed by atoms with Crippen LogP contribution in [-0.2, 0) is 30.5 Å². The van der Waals surface area contributed by atoms with Crippen molar-refractivity contribution in [3.8, 4) is 11.3 Å². The Kier molecular flexibility index (Phi) is 3.52. The van der Waals surface area contributed by atoms with E-state index in [2.05, 4.69) is 30.0 Å². The fraction of sp³-hybridized carbons (Fsp3) is 0.476. The van der Waals surface area contributed by atoms with Crippen molar-refractivity contribution in [2.75, 3.05) is 11.4 Å². The van der Waals surface area contributed by atoms with Crippen LogP contribution in [0.15, 0.2) is 18.2 Å². The van der Waals surface area contributed by atoms with Gasteiger partial charge in [0, 0.05) is 35.3 Å². The minimum Gasteiger partial charge on any atom is -0.369 e. The predicted octanol–water partition coefficient (Wildman–Crippen LogP) is 2.43. The van der Waals surface area contributed by atoms with Gasteiger partial charge in [-0.3, -0.25) is 4.79 Å². The van der Waals surface area contributed by atoms with Gasteiger partial charge in [0.2, 0.25) is 11.9 Å². The lowest BCUT2D eigenvalue weighted by molar-refractivity contribution is -0.121. The minimum absolute atomic E-state index is 0.0612. The lowest BCUT2D eigenvalue weighted by Gasteiger charge is -2.39. The maximum atomic E-state index is 11.6. The summed E-state index contributed by atoms with van der Waals surface area (Å²) in [5, 5.41) is 0. The first kappa shape index (κ1) is 15.8. The zero-order valence-electron chi connectivity index (χ0n) is 15.2. The first-order chi connectivity index (χ1) is 12.6. The van der Waals surface area contributed by atoms with E-state index in [4.69, 9.17) is 15.7 Å². The number of carbonyl (C=O) groups is 1. The summed E-state index contributed by atoms with van der Waals surface area (Å²) in [5.41, 5.74) is 12.8. The van der Waals surface area contributed by atoms with Crippen molar-refractivity contribution in [1.82, 2.24) is 9.97 Å². The number of nitrogens with two attached hydrogens (primary N) is 1. The monoisotopic (exact) mass is 348 g/mol. The third-order valence-electron chi connectivity index (χ3n) is 6.31. The van der Waals surface area contributed by atoms with Gasteiger partial charge in [-0.1, -0.05) is 12.1 Å². The molecule has 2 atom stereocenters. The molecule has 0 radical (unpaired) electrons. The quantitative estimate of drug-likeness (QED) is 0.925. The molecule has 5 heteroatoms. The molecule has 134 valence electrons. The highest BCUT2D eigenvalue weighted by molar-refractivity contribution is 5.79. The maximum Gasteiger partial charge on any atom is 0.226 e. The van der Waals surface area contributed by atoms with Crippen molar-refractivity contribution in [3.05, 3.63) is 40.6 Å². The van der Waals surface area contributed by atoms with E-state index < -0.39 is 0 Å². The standard InChI is InChI=1S/C21H24N4O/c1-12-7-8-25(12)21-23-18-4-2-3-17(18)19(24-21)14-6-5-13-9-16(20(22)26)11-15(13)10-14/h5-6,10,12,16H,2-4,7-9,11H2,1H3,(H2,22,26). The van der Waals surface area contributed by atoms with Gasteiger partial charge in [0.15, 0.2) is 0 Å². The number of hydrogen-bond acceptors (Lipinski definition) is 4. The van der Waals surface area contributed by atoms with E-state index >= 15 is 0 Å². The number of aromatic nitrogens is 2. The van der Waals surface area contributed by atoms with Crippen LogP contribution in [0.3, 0.4) is 0 Å². The summed E-state index contributed by atoms with van der Waals surface area (Å²) in [5.74, 6) is 0.628. The molecule has 3 aliphatic rings. The molecule has 2 heterocycles. The number of amides is 1. The van der Waals surface area contributed by atoms with Crippen molar-refractivity contribution in [2.24, 2.45) is 11.7 Å². The van der Waals surface area contributed by atoms with Crippen molar-refractivity contribution >= 4 is 11.9 Å². The summed E-state index contributed by atoms with van der Waals surface area (Å²) in [6.45, 7) is 3.28. The number of rotatable bonds is 3. The molecule has 1 aliphatic heterocycles. The Bertz CT molecular complexity index is 907. The highest BCUT2D eigenvalue weighted by Crippen LogP contribution is 2.36. The molecule has 1 amide bonds. The van der Waals surface area contributed by atoms with E-state index in [1.165, 1.54) is 28.8 Å². The number of carbonyl (C=O) groups excluding carboxylic acids is 1. The number of fused-ring (bicyclic) bond motifs is 2. The van der Waals surface area contributed by atoms with Crippen LogP contribution in [0.4, 0.5) is 5.95 Å². The summed E-state index contributed by atoms with van der Waals surface area (Å²) < 4.78 is 0. The van der Waals surface area contributed by atoms with Gasteiger partial charge in [-0.2, -0.15) is 0 Å². The summed E-state index contributed by atoms with van der Waals surface area (Å²) in [6.07, 6.45) is 6.00. The summed E-state index contributed by atoms with van der Waals surface area (Å²) >= 11 is 0. The summed E-state index contributed by atoms with van der Waals surface area (Å²) in [7, 11) is 0. The summed E-state index contributed by atoms with van der Waals surface area (Å²) in [4.78, 5) is 23.7. The highest BCUT2D eigenvalue weighted by atomic mass is 16.1. The van der Waals surface area contributed by atoms with Gasteiger partial charge in [-0.15, -0.1) is 0 Å². The molecule has 2 aliphatic carbocycles. The summed E-state index contributed by atoms with van der Waals surface area (Å²) in [6, 6.07) is 7.07. The molecule has 0 bridgehead atoms. The number of nitrogens with zero attached hydrogens (tertiary/aromatic N) is 3. The molecule has 2 N–H and O–H groups in total. The van der Waals surface area contributed by atoms with Crippen molar-refractivity contribution in [3.63, 3.8) is 0 Å². The molecule has 0 spiro atoms. The van der Waals surface area contributed by atoms with E-state index in [0.29, 0.717) is 6.04 Å². The number of anilines is 1. The van der Waals surface area contributed by atoms with Crippen LogP contribution in [-0.4, -0.2) is 28.5 Å². The fourth-order valence-electron chi connectivity index (χ4n) is 4.57. The van der Waals surface area contributed by atoms with Gasteiger partial charge in [-0.05, 0) is 62.6 Å². The number of hydrogen-bond donors (Lipinski definition) is 1. The van der Waals surface area contributed by atoms with E-state index in [1.807, 2.05) is 0 Å². The van der Waals surface area contributed by atoms with Gasteiger partial charge in [-0.25, -0.2) is 9.97 Å². The topological polar surface area (TPSA) is 72.1 Å². The Hall–Kier alpha value is -2.43. The third kappa shape index (κ3) is 2.41.